The van der Waals surface area contributed by atoms with E-state index in [9.17, 15) is 19.2 Å². The van der Waals surface area contributed by atoms with E-state index in [0.717, 1.165) is 11.1 Å². The van der Waals surface area contributed by atoms with E-state index in [1.54, 1.807) is 12.1 Å². The number of carbonyl (C=O) groups excluding carboxylic acids is 4. The molecular formula is C25H27NO6. The van der Waals surface area contributed by atoms with Crippen LogP contribution in [0.15, 0.2) is 36.4 Å². The molecule has 32 heavy (non-hydrogen) atoms. The maximum Gasteiger partial charge on any atom is 0.308 e. The average Bonchev–Trinajstić information content (AvgIpc) is 2.70. The Morgan fingerprint density at radius 1 is 0.875 bits per heavy atom. The van der Waals surface area contributed by atoms with E-state index in [0.29, 0.717) is 12.0 Å². The van der Waals surface area contributed by atoms with Gasteiger partial charge in [0.05, 0.1) is 6.04 Å². The Labute approximate surface area is 187 Å². The molecule has 1 amide bonds. The van der Waals surface area contributed by atoms with Crippen molar-refractivity contribution in [2.45, 2.75) is 53.0 Å². The molecule has 7 nitrogen and oxygen atoms in total. The maximum atomic E-state index is 12.8. The Balaban J connectivity index is 1.70. The van der Waals surface area contributed by atoms with Gasteiger partial charge in [-0.2, -0.15) is 0 Å². The molecule has 1 N–H and O–H groups in total. The summed E-state index contributed by atoms with van der Waals surface area (Å²) in [7, 11) is 0. The van der Waals surface area contributed by atoms with Crippen LogP contribution in [0.3, 0.4) is 0 Å². The first-order valence-corrected chi connectivity index (χ1v) is 10.5. The molecule has 1 fully saturated rings. The van der Waals surface area contributed by atoms with Crippen molar-refractivity contribution in [1.82, 2.24) is 5.32 Å². The largest absolute Gasteiger partial charge is 0.423 e. The number of Topliss-reactive ketones (excluding diaryl/α,β-unsaturated/α-hetero) is 1. The van der Waals surface area contributed by atoms with Crippen molar-refractivity contribution in [3.8, 4) is 11.5 Å². The fourth-order valence-electron chi connectivity index (χ4n) is 3.78. The number of piperidine rings is 1. The summed E-state index contributed by atoms with van der Waals surface area (Å²) in [6.45, 7) is 6.55. The number of benzene rings is 2. The van der Waals surface area contributed by atoms with Gasteiger partial charge in [-0.1, -0.05) is 24.3 Å². The normalized spacial score (nSPS) is 18.1. The molecule has 0 aliphatic carbocycles. The number of hydrogen-bond acceptors (Lipinski definition) is 6. The van der Waals surface area contributed by atoms with Crippen LogP contribution in [0, 0.1) is 19.8 Å². The summed E-state index contributed by atoms with van der Waals surface area (Å²) in [6, 6.07) is 10.1. The number of amides is 1. The smallest absolute Gasteiger partial charge is 0.308 e. The van der Waals surface area contributed by atoms with Crippen molar-refractivity contribution >= 4 is 23.6 Å². The van der Waals surface area contributed by atoms with E-state index in [4.69, 9.17) is 9.47 Å². The minimum atomic E-state index is -0.664. The third-order valence-electron chi connectivity index (χ3n) is 5.53. The first-order valence-electron chi connectivity index (χ1n) is 10.5. The van der Waals surface area contributed by atoms with Gasteiger partial charge in [0.25, 0.3) is 0 Å². The van der Waals surface area contributed by atoms with Crippen LogP contribution in [-0.2, 0) is 32.0 Å². The highest BCUT2D eigenvalue weighted by molar-refractivity contribution is 5.97. The van der Waals surface area contributed by atoms with Crippen molar-refractivity contribution in [2.24, 2.45) is 5.92 Å². The monoisotopic (exact) mass is 437 g/mol. The van der Waals surface area contributed by atoms with Gasteiger partial charge < -0.3 is 14.8 Å². The van der Waals surface area contributed by atoms with Crippen molar-refractivity contribution in [2.75, 3.05) is 0 Å². The molecule has 0 radical (unpaired) electrons. The number of hydrogen-bond donors (Lipinski definition) is 1. The van der Waals surface area contributed by atoms with Crippen LogP contribution in [0.5, 0.6) is 11.5 Å². The molecule has 2 aromatic rings. The lowest BCUT2D eigenvalue weighted by atomic mass is 9.85. The molecular weight excluding hydrogens is 410 g/mol. The number of ether oxygens (including phenoxy) is 2. The van der Waals surface area contributed by atoms with Crippen LogP contribution >= 0.6 is 0 Å². The zero-order valence-corrected chi connectivity index (χ0v) is 18.7. The summed E-state index contributed by atoms with van der Waals surface area (Å²) in [5.74, 6) is -1.50. The highest BCUT2D eigenvalue weighted by Gasteiger charge is 2.34. The highest BCUT2D eigenvalue weighted by Crippen LogP contribution is 2.30. The van der Waals surface area contributed by atoms with E-state index in [-0.39, 0.29) is 36.0 Å². The topological polar surface area (TPSA) is 98.8 Å². The quantitative estimate of drug-likeness (QED) is 0.551. The average molecular weight is 437 g/mol. The summed E-state index contributed by atoms with van der Waals surface area (Å²) >= 11 is 0. The molecule has 2 aromatic carbocycles. The first-order chi connectivity index (χ1) is 15.1. The second kappa shape index (κ2) is 9.77. The molecule has 3 rings (SSSR count). The van der Waals surface area contributed by atoms with Crippen molar-refractivity contribution in [3.05, 3.63) is 58.7 Å². The predicted molar refractivity (Wildman–Crippen MR) is 117 cm³/mol. The van der Waals surface area contributed by atoms with E-state index in [1.807, 2.05) is 26.0 Å². The fraction of sp³-hybridized carbons (Fsp3) is 0.360. The first kappa shape index (κ1) is 23.2. The minimum Gasteiger partial charge on any atom is -0.423 e. The highest BCUT2D eigenvalue weighted by atomic mass is 16.6. The molecule has 0 saturated carbocycles. The van der Waals surface area contributed by atoms with E-state index in [2.05, 4.69) is 11.4 Å². The second-order valence-corrected chi connectivity index (χ2v) is 8.22. The molecule has 1 aliphatic rings. The third-order valence-corrected chi connectivity index (χ3v) is 5.53. The molecule has 7 heteroatoms. The maximum absolute atomic E-state index is 12.8. The fourth-order valence-corrected chi connectivity index (χ4v) is 3.78. The summed E-state index contributed by atoms with van der Waals surface area (Å²) in [5.41, 5.74) is 4.05. The molecule has 1 aliphatic heterocycles. The lowest BCUT2D eigenvalue weighted by Gasteiger charge is -2.28. The Morgan fingerprint density at radius 3 is 2.16 bits per heavy atom. The lowest BCUT2D eigenvalue weighted by Crippen LogP contribution is -2.51. The summed E-state index contributed by atoms with van der Waals surface area (Å²) in [6.07, 6.45) is 0.931. The van der Waals surface area contributed by atoms with E-state index < -0.39 is 23.9 Å². The zero-order valence-electron chi connectivity index (χ0n) is 18.7. The molecule has 2 atom stereocenters. The van der Waals surface area contributed by atoms with Crippen LogP contribution in [0.4, 0.5) is 0 Å². The summed E-state index contributed by atoms with van der Waals surface area (Å²) in [4.78, 5) is 48.1. The Morgan fingerprint density at radius 2 is 1.50 bits per heavy atom. The van der Waals surface area contributed by atoms with Gasteiger partial charge in [0, 0.05) is 26.2 Å². The van der Waals surface area contributed by atoms with Gasteiger partial charge in [-0.3, -0.25) is 19.2 Å². The predicted octanol–water partition coefficient (Wildman–Crippen LogP) is 3.01. The molecule has 1 heterocycles. The number of rotatable bonds is 6. The van der Waals surface area contributed by atoms with Crippen LogP contribution in [0.1, 0.15) is 42.5 Å². The van der Waals surface area contributed by atoms with Gasteiger partial charge in [0.15, 0.2) is 17.3 Å². The van der Waals surface area contributed by atoms with Crippen molar-refractivity contribution in [3.63, 3.8) is 0 Å². The number of ketones is 1. The minimum absolute atomic E-state index is 0.0449. The summed E-state index contributed by atoms with van der Waals surface area (Å²) < 4.78 is 10.2. The van der Waals surface area contributed by atoms with Crippen molar-refractivity contribution in [1.29, 1.82) is 0 Å². The van der Waals surface area contributed by atoms with Crippen LogP contribution < -0.4 is 14.8 Å². The molecule has 0 aromatic heterocycles. The molecule has 1 saturated heterocycles. The van der Waals surface area contributed by atoms with Gasteiger partial charge in [-0.15, -0.1) is 0 Å². The number of nitrogens with one attached hydrogen (secondary N) is 1. The molecule has 2 unspecified atom stereocenters. The van der Waals surface area contributed by atoms with Gasteiger partial charge in [0.1, 0.15) is 0 Å². The molecule has 0 spiro atoms. The van der Waals surface area contributed by atoms with Crippen molar-refractivity contribution < 1.29 is 28.7 Å². The zero-order chi connectivity index (χ0) is 23.4. The second-order valence-electron chi connectivity index (χ2n) is 8.22. The lowest BCUT2D eigenvalue weighted by molar-refractivity contribution is -0.136. The molecule has 0 bridgehead atoms. The number of aryl methyl sites for hydroxylation is 2. The Hall–Kier alpha value is -3.48. The van der Waals surface area contributed by atoms with Crippen LogP contribution in [-0.4, -0.2) is 29.7 Å². The van der Waals surface area contributed by atoms with Gasteiger partial charge in [0.2, 0.25) is 5.91 Å². The molecule has 168 valence electrons. The third kappa shape index (κ3) is 5.81. The summed E-state index contributed by atoms with van der Waals surface area (Å²) in [5, 5.41) is 2.84. The SMILES string of the molecule is CC(=O)Oc1ccc(CC2NC(=O)C(Cc3ccc(C)c(C)c3)CC2=O)cc1OC(C)=O. The van der Waals surface area contributed by atoms with E-state index >= 15 is 0 Å². The number of carbonyl (C=O) groups is 4. The standard InChI is InChI=1S/C25H27NO6/c1-14-5-6-18(9-15(14)2)10-20-13-22(29)21(26-25(20)30)11-19-7-8-23(31-16(3)27)24(12-19)32-17(4)28/h5-9,12,20-21H,10-11,13H2,1-4H3,(H,26,30). The van der Waals surface area contributed by atoms with E-state index in [1.165, 1.54) is 25.5 Å². The van der Waals surface area contributed by atoms with Crippen LogP contribution in [0.25, 0.3) is 0 Å². The Bertz CT molecular complexity index is 1070. The Kier molecular flexibility index (Phi) is 7.08. The van der Waals surface area contributed by atoms with Gasteiger partial charge in [-0.25, -0.2) is 0 Å². The van der Waals surface area contributed by atoms with Gasteiger partial charge in [-0.05, 0) is 61.1 Å². The number of esters is 2. The van der Waals surface area contributed by atoms with Crippen LogP contribution in [0.2, 0.25) is 0 Å². The van der Waals surface area contributed by atoms with Gasteiger partial charge >= 0.3 is 11.9 Å².